The summed E-state index contributed by atoms with van der Waals surface area (Å²) in [5.41, 5.74) is 0.720. The van der Waals surface area contributed by atoms with E-state index in [1.165, 1.54) is 12.1 Å². The first-order valence-corrected chi connectivity index (χ1v) is 8.77. The monoisotopic (exact) mass is 310 g/mol. The van der Waals surface area contributed by atoms with Gasteiger partial charge in [0.25, 0.3) is 0 Å². The summed E-state index contributed by atoms with van der Waals surface area (Å²) in [6, 6.07) is 4.37. The van der Waals surface area contributed by atoms with Gasteiger partial charge in [0.15, 0.2) is 9.84 Å². The molecule has 116 valence electrons. The van der Waals surface area contributed by atoms with E-state index in [9.17, 15) is 13.2 Å². The van der Waals surface area contributed by atoms with Crippen LogP contribution in [-0.4, -0.2) is 25.2 Å². The van der Waals surface area contributed by atoms with Crippen LogP contribution in [0.25, 0.3) is 0 Å². The van der Waals surface area contributed by atoms with Crippen LogP contribution in [0.4, 0.5) is 0 Å². The van der Waals surface area contributed by atoms with Crippen molar-refractivity contribution >= 4 is 15.8 Å². The van der Waals surface area contributed by atoms with E-state index in [1.807, 2.05) is 13.0 Å². The van der Waals surface area contributed by atoms with Crippen LogP contribution in [0.3, 0.4) is 0 Å². The molecule has 0 aliphatic rings. The molecule has 0 aliphatic heterocycles. The topological polar surface area (TPSA) is 71.4 Å². The van der Waals surface area contributed by atoms with Crippen molar-refractivity contribution in [2.24, 2.45) is 0 Å². The number of benzene rings is 1. The summed E-state index contributed by atoms with van der Waals surface area (Å²) in [5.74, 6) is -1.04. The highest BCUT2D eigenvalue weighted by atomic mass is 32.2. The predicted molar refractivity (Wildman–Crippen MR) is 83.5 cm³/mol. The Hall–Kier alpha value is -1.62. The summed E-state index contributed by atoms with van der Waals surface area (Å²) in [6.45, 7) is 5.47. The molecule has 0 saturated heterocycles. The molecule has 0 aliphatic carbocycles. The molecule has 0 amide bonds. The maximum atomic E-state index is 12.2. The molecule has 0 saturated carbocycles. The zero-order valence-electron chi connectivity index (χ0n) is 12.3. The SMILES string of the molecule is C=CCCCCCS(=O)(=O)c1ccc(CC)c(C(=O)O)c1. The molecule has 1 N–H and O–H groups in total. The first-order valence-electron chi connectivity index (χ1n) is 7.12. The van der Waals surface area contributed by atoms with Crippen molar-refractivity contribution in [2.45, 2.75) is 43.9 Å². The van der Waals surface area contributed by atoms with E-state index in [0.717, 1.165) is 19.3 Å². The second-order valence-electron chi connectivity index (χ2n) is 4.93. The van der Waals surface area contributed by atoms with Crippen molar-refractivity contribution in [3.63, 3.8) is 0 Å². The molecule has 1 rings (SSSR count). The number of hydrogen-bond acceptors (Lipinski definition) is 3. The fourth-order valence-corrected chi connectivity index (χ4v) is 3.52. The third-order valence-corrected chi connectivity index (χ3v) is 5.17. The molecular formula is C16H22O4S. The van der Waals surface area contributed by atoms with Gasteiger partial charge in [0.05, 0.1) is 16.2 Å². The lowest BCUT2D eigenvalue weighted by atomic mass is 10.1. The van der Waals surface area contributed by atoms with E-state index >= 15 is 0 Å². The van der Waals surface area contributed by atoms with Gasteiger partial charge in [-0.15, -0.1) is 6.58 Å². The minimum absolute atomic E-state index is 0.0503. The summed E-state index contributed by atoms with van der Waals surface area (Å²) >= 11 is 0. The lowest BCUT2D eigenvalue weighted by Crippen LogP contribution is -2.10. The summed E-state index contributed by atoms with van der Waals surface area (Å²) in [7, 11) is -3.42. The highest BCUT2D eigenvalue weighted by Crippen LogP contribution is 2.19. The summed E-state index contributed by atoms with van der Waals surface area (Å²) < 4.78 is 24.5. The van der Waals surface area contributed by atoms with Gasteiger partial charge in [0, 0.05) is 0 Å². The highest BCUT2D eigenvalue weighted by Gasteiger charge is 2.18. The Bertz CT molecular complexity index is 603. The number of hydrogen-bond donors (Lipinski definition) is 1. The normalized spacial score (nSPS) is 11.3. The van der Waals surface area contributed by atoms with Crippen LogP contribution >= 0.6 is 0 Å². The van der Waals surface area contributed by atoms with E-state index < -0.39 is 15.8 Å². The average molecular weight is 310 g/mol. The van der Waals surface area contributed by atoms with Gasteiger partial charge in [-0.25, -0.2) is 13.2 Å². The molecule has 0 atom stereocenters. The maximum absolute atomic E-state index is 12.2. The lowest BCUT2D eigenvalue weighted by Gasteiger charge is -2.08. The molecule has 0 aromatic heterocycles. The van der Waals surface area contributed by atoms with E-state index in [1.54, 1.807) is 6.07 Å². The van der Waals surface area contributed by atoms with Crippen molar-refractivity contribution in [3.05, 3.63) is 42.0 Å². The first kappa shape index (κ1) is 17.4. The minimum Gasteiger partial charge on any atom is -0.478 e. The number of carboxylic acids is 1. The number of rotatable bonds is 9. The Morgan fingerprint density at radius 1 is 1.29 bits per heavy atom. The molecule has 5 heteroatoms. The molecule has 1 aromatic carbocycles. The number of allylic oxidation sites excluding steroid dienone is 1. The van der Waals surface area contributed by atoms with Crippen LogP contribution in [0.5, 0.6) is 0 Å². The Morgan fingerprint density at radius 3 is 2.57 bits per heavy atom. The second kappa shape index (κ2) is 7.98. The molecular weight excluding hydrogens is 288 g/mol. The zero-order valence-corrected chi connectivity index (χ0v) is 13.2. The van der Waals surface area contributed by atoms with Crippen molar-refractivity contribution in [1.29, 1.82) is 0 Å². The fraction of sp³-hybridized carbons (Fsp3) is 0.438. The quantitative estimate of drug-likeness (QED) is 0.560. The summed E-state index contributed by atoms with van der Waals surface area (Å²) in [5, 5.41) is 9.16. The highest BCUT2D eigenvalue weighted by molar-refractivity contribution is 7.91. The van der Waals surface area contributed by atoms with Crippen LogP contribution in [0.15, 0.2) is 35.7 Å². The van der Waals surface area contributed by atoms with E-state index in [0.29, 0.717) is 18.4 Å². The van der Waals surface area contributed by atoms with Crippen molar-refractivity contribution in [1.82, 2.24) is 0 Å². The lowest BCUT2D eigenvalue weighted by molar-refractivity contribution is 0.0695. The Labute approximate surface area is 126 Å². The molecule has 21 heavy (non-hydrogen) atoms. The van der Waals surface area contributed by atoms with Crippen LogP contribution in [0.1, 0.15) is 48.5 Å². The van der Waals surface area contributed by atoms with E-state index in [2.05, 4.69) is 6.58 Å². The van der Waals surface area contributed by atoms with Gasteiger partial charge < -0.3 is 5.11 Å². The third-order valence-electron chi connectivity index (χ3n) is 3.37. The van der Waals surface area contributed by atoms with Gasteiger partial charge in [0.2, 0.25) is 0 Å². The maximum Gasteiger partial charge on any atom is 0.336 e. The molecule has 0 bridgehead atoms. The molecule has 0 heterocycles. The molecule has 4 nitrogen and oxygen atoms in total. The van der Waals surface area contributed by atoms with Crippen molar-refractivity contribution in [3.8, 4) is 0 Å². The Morgan fingerprint density at radius 2 is 2.00 bits per heavy atom. The Kier molecular flexibility index (Phi) is 6.62. The molecule has 1 aromatic rings. The van der Waals surface area contributed by atoms with Gasteiger partial charge in [-0.3, -0.25) is 0 Å². The van der Waals surface area contributed by atoms with Gasteiger partial charge in [0.1, 0.15) is 0 Å². The molecule has 0 fully saturated rings. The van der Waals surface area contributed by atoms with Gasteiger partial charge in [-0.05, 0) is 43.4 Å². The number of carboxylic acid groups (broad SMARTS) is 1. The molecule has 0 unspecified atom stereocenters. The fourth-order valence-electron chi connectivity index (χ4n) is 2.13. The number of carbonyl (C=O) groups is 1. The van der Waals surface area contributed by atoms with Crippen LogP contribution in [0.2, 0.25) is 0 Å². The average Bonchev–Trinajstić information content (AvgIpc) is 2.46. The van der Waals surface area contributed by atoms with Crippen LogP contribution in [0, 0.1) is 0 Å². The smallest absolute Gasteiger partial charge is 0.336 e. The van der Waals surface area contributed by atoms with Gasteiger partial charge >= 0.3 is 5.97 Å². The second-order valence-corrected chi connectivity index (χ2v) is 7.04. The minimum atomic E-state index is -3.42. The van der Waals surface area contributed by atoms with Crippen molar-refractivity contribution < 1.29 is 18.3 Å². The number of sulfone groups is 1. The largest absolute Gasteiger partial charge is 0.478 e. The number of aryl methyl sites for hydroxylation is 1. The van der Waals surface area contributed by atoms with Gasteiger partial charge in [-0.1, -0.05) is 25.5 Å². The molecule has 0 spiro atoms. The first-order chi connectivity index (χ1) is 9.92. The molecule has 0 radical (unpaired) electrons. The van der Waals surface area contributed by atoms with Crippen LogP contribution < -0.4 is 0 Å². The van der Waals surface area contributed by atoms with Gasteiger partial charge in [-0.2, -0.15) is 0 Å². The Balaban J connectivity index is 2.86. The van der Waals surface area contributed by atoms with Crippen LogP contribution in [-0.2, 0) is 16.3 Å². The zero-order chi connectivity index (χ0) is 15.9. The van der Waals surface area contributed by atoms with E-state index in [4.69, 9.17) is 5.11 Å². The van der Waals surface area contributed by atoms with E-state index in [-0.39, 0.29) is 16.2 Å². The number of aromatic carboxylic acids is 1. The third kappa shape index (κ3) is 5.01. The summed E-state index contributed by atoms with van der Waals surface area (Å²) in [6.07, 6.45) is 5.58. The predicted octanol–water partition coefficient (Wildman–Crippen LogP) is 3.47. The summed E-state index contributed by atoms with van der Waals surface area (Å²) in [4.78, 5) is 11.3. The van der Waals surface area contributed by atoms with Crippen molar-refractivity contribution in [2.75, 3.05) is 5.75 Å². The standard InChI is InChI=1S/C16H22O4S/c1-3-5-6-7-8-11-21(19,20)14-10-9-13(4-2)15(12-14)16(17)18/h3,9-10,12H,1,4-8,11H2,2H3,(H,17,18). The number of unbranched alkanes of at least 4 members (excludes halogenated alkanes) is 3.